The van der Waals surface area contributed by atoms with Gasteiger partial charge in [-0.15, -0.1) is 0 Å². The van der Waals surface area contributed by atoms with E-state index in [1.165, 1.54) is 23.7 Å². The van der Waals surface area contributed by atoms with E-state index >= 15 is 0 Å². The number of anilines is 2. The van der Waals surface area contributed by atoms with Gasteiger partial charge in [0.25, 0.3) is 0 Å². The number of nitrogens with one attached hydrogen (secondary N) is 1. The maximum absolute atomic E-state index is 12.5. The summed E-state index contributed by atoms with van der Waals surface area (Å²) in [4.78, 5) is 16.1. The fraction of sp³-hybridized carbons (Fsp3) is 0.294. The number of carbonyl (C=O) groups excluding carboxylic acids is 1. The predicted molar refractivity (Wildman–Crippen MR) is 93.3 cm³/mol. The van der Waals surface area contributed by atoms with Crippen LogP contribution in [0.15, 0.2) is 47.5 Å². The molecule has 1 aromatic heterocycles. The lowest BCUT2D eigenvalue weighted by Crippen LogP contribution is -2.27. The zero-order valence-electron chi connectivity index (χ0n) is 13.8. The Labute approximate surface area is 146 Å². The Morgan fingerprint density at radius 2 is 1.88 bits per heavy atom. The zero-order chi connectivity index (χ0) is 17.9. The number of methoxy groups -OCH3 is 1. The largest absolute Gasteiger partial charge is 0.465 e. The van der Waals surface area contributed by atoms with Crippen molar-refractivity contribution in [3.05, 3.63) is 48.2 Å². The molecule has 1 aromatic carbocycles. The average molecular weight is 361 g/mol. The summed E-state index contributed by atoms with van der Waals surface area (Å²) in [6.45, 7) is 1.10. The van der Waals surface area contributed by atoms with Crippen molar-refractivity contribution in [2.75, 3.05) is 25.5 Å². The topological polar surface area (TPSA) is 88.6 Å². The van der Waals surface area contributed by atoms with Crippen molar-refractivity contribution in [3.8, 4) is 0 Å². The molecule has 0 spiro atoms. The number of benzene rings is 1. The molecular formula is C17H19N3O4S. The molecule has 8 heteroatoms. The van der Waals surface area contributed by atoms with Crippen molar-refractivity contribution in [1.82, 2.24) is 9.29 Å². The van der Waals surface area contributed by atoms with E-state index < -0.39 is 16.0 Å². The second-order valence-corrected chi connectivity index (χ2v) is 7.59. The summed E-state index contributed by atoms with van der Waals surface area (Å²) in [7, 11) is -2.17. The van der Waals surface area contributed by atoms with E-state index in [1.807, 2.05) is 0 Å². The second-order valence-electron chi connectivity index (χ2n) is 5.65. The average Bonchev–Trinajstić information content (AvgIpc) is 3.17. The normalized spacial score (nSPS) is 15.1. The van der Waals surface area contributed by atoms with Gasteiger partial charge in [0.15, 0.2) is 0 Å². The van der Waals surface area contributed by atoms with Crippen LogP contribution in [-0.4, -0.2) is 43.9 Å². The molecule has 132 valence electrons. The first-order valence-corrected chi connectivity index (χ1v) is 9.37. The molecule has 2 aromatic rings. The summed E-state index contributed by atoms with van der Waals surface area (Å²) in [5.74, 6) is -0.0203. The van der Waals surface area contributed by atoms with Gasteiger partial charge in [0.2, 0.25) is 10.0 Å². The molecule has 1 N–H and O–H groups in total. The summed E-state index contributed by atoms with van der Waals surface area (Å²) in [6, 6.07) is 9.97. The third-order valence-corrected chi connectivity index (χ3v) is 5.92. The van der Waals surface area contributed by atoms with Crippen LogP contribution < -0.4 is 5.32 Å². The highest BCUT2D eigenvalue weighted by atomic mass is 32.2. The summed E-state index contributed by atoms with van der Waals surface area (Å²) in [5, 5.41) is 3.02. The van der Waals surface area contributed by atoms with Crippen LogP contribution in [0, 0.1) is 0 Å². The number of pyridine rings is 1. The number of nitrogens with zero attached hydrogens (tertiary/aromatic N) is 2. The molecule has 0 aliphatic carbocycles. The van der Waals surface area contributed by atoms with E-state index in [-0.39, 0.29) is 4.90 Å². The molecular weight excluding hydrogens is 342 g/mol. The molecule has 3 rings (SSSR count). The lowest BCUT2D eigenvalue weighted by atomic mass is 10.2. The Morgan fingerprint density at radius 1 is 1.16 bits per heavy atom. The molecule has 1 aliphatic rings. The van der Waals surface area contributed by atoms with Crippen molar-refractivity contribution in [3.63, 3.8) is 0 Å². The Morgan fingerprint density at radius 3 is 2.52 bits per heavy atom. The number of hydrogen-bond acceptors (Lipinski definition) is 6. The van der Waals surface area contributed by atoms with Gasteiger partial charge in [-0.2, -0.15) is 4.31 Å². The van der Waals surface area contributed by atoms with Gasteiger partial charge in [0, 0.05) is 19.3 Å². The Hall–Kier alpha value is -2.45. The van der Waals surface area contributed by atoms with E-state index in [9.17, 15) is 13.2 Å². The number of aromatic nitrogens is 1. The van der Waals surface area contributed by atoms with Crippen LogP contribution in [0.2, 0.25) is 0 Å². The monoisotopic (exact) mass is 361 g/mol. The molecule has 7 nitrogen and oxygen atoms in total. The zero-order valence-corrected chi connectivity index (χ0v) is 14.6. The molecule has 0 radical (unpaired) electrons. The summed E-state index contributed by atoms with van der Waals surface area (Å²) in [6.07, 6.45) is 3.10. The van der Waals surface area contributed by atoms with Gasteiger partial charge >= 0.3 is 5.97 Å². The molecule has 2 heterocycles. The van der Waals surface area contributed by atoms with Crippen molar-refractivity contribution in [1.29, 1.82) is 0 Å². The van der Waals surface area contributed by atoms with Gasteiger partial charge in [-0.1, -0.05) is 12.1 Å². The van der Waals surface area contributed by atoms with E-state index in [2.05, 4.69) is 10.3 Å². The van der Waals surface area contributed by atoms with Crippen LogP contribution in [-0.2, 0) is 14.8 Å². The maximum atomic E-state index is 12.5. The molecule has 0 atom stereocenters. The van der Waals surface area contributed by atoms with Gasteiger partial charge in [-0.3, -0.25) is 0 Å². The van der Waals surface area contributed by atoms with Crippen LogP contribution in [0.4, 0.5) is 11.5 Å². The Balaban J connectivity index is 1.81. The molecule has 1 aliphatic heterocycles. The molecule has 1 fully saturated rings. The van der Waals surface area contributed by atoms with Gasteiger partial charge < -0.3 is 10.1 Å². The Kier molecular flexibility index (Phi) is 5.00. The molecule has 0 bridgehead atoms. The van der Waals surface area contributed by atoms with Gasteiger partial charge in [-0.25, -0.2) is 18.2 Å². The van der Waals surface area contributed by atoms with Gasteiger partial charge in [-0.05, 0) is 37.1 Å². The van der Waals surface area contributed by atoms with Crippen molar-refractivity contribution in [2.24, 2.45) is 0 Å². The van der Waals surface area contributed by atoms with Crippen LogP contribution >= 0.6 is 0 Å². The first-order chi connectivity index (χ1) is 12.0. The third kappa shape index (κ3) is 3.64. The number of ether oxygens (including phenoxy) is 1. The highest BCUT2D eigenvalue weighted by Gasteiger charge is 2.27. The van der Waals surface area contributed by atoms with Crippen molar-refractivity contribution < 1.29 is 17.9 Å². The summed E-state index contributed by atoms with van der Waals surface area (Å²) < 4.78 is 31.2. The highest BCUT2D eigenvalue weighted by molar-refractivity contribution is 7.89. The minimum Gasteiger partial charge on any atom is -0.465 e. The molecule has 1 saturated heterocycles. The third-order valence-electron chi connectivity index (χ3n) is 4.03. The lowest BCUT2D eigenvalue weighted by Gasteiger charge is -2.15. The van der Waals surface area contributed by atoms with Crippen molar-refractivity contribution in [2.45, 2.75) is 17.7 Å². The van der Waals surface area contributed by atoms with E-state index in [0.717, 1.165) is 12.8 Å². The van der Waals surface area contributed by atoms with Crippen LogP contribution in [0.25, 0.3) is 0 Å². The first kappa shape index (κ1) is 17.4. The fourth-order valence-electron chi connectivity index (χ4n) is 2.70. The van der Waals surface area contributed by atoms with Crippen LogP contribution in [0.3, 0.4) is 0 Å². The predicted octanol–water partition coefficient (Wildman–Crippen LogP) is 2.40. The maximum Gasteiger partial charge on any atom is 0.339 e. The molecule has 0 saturated carbocycles. The smallest absolute Gasteiger partial charge is 0.339 e. The lowest BCUT2D eigenvalue weighted by molar-refractivity contribution is 0.0602. The minimum atomic E-state index is -3.48. The van der Waals surface area contributed by atoms with E-state index in [0.29, 0.717) is 30.2 Å². The van der Waals surface area contributed by atoms with E-state index in [1.54, 1.807) is 30.3 Å². The summed E-state index contributed by atoms with van der Waals surface area (Å²) >= 11 is 0. The molecule has 0 amide bonds. The standard InChI is InChI=1S/C17H19N3O4S/c1-24-17(21)14-6-2-3-7-15(14)19-16-9-8-13(12-18-16)25(22,23)20-10-4-5-11-20/h2-3,6-9,12H,4-5,10-11H2,1H3,(H,18,19). The first-order valence-electron chi connectivity index (χ1n) is 7.93. The molecule has 25 heavy (non-hydrogen) atoms. The van der Waals surface area contributed by atoms with Gasteiger partial charge in [0.1, 0.15) is 10.7 Å². The second kappa shape index (κ2) is 7.20. The quantitative estimate of drug-likeness (QED) is 0.823. The highest BCUT2D eigenvalue weighted by Crippen LogP contribution is 2.23. The number of esters is 1. The SMILES string of the molecule is COC(=O)c1ccccc1Nc1ccc(S(=O)(=O)N2CCCC2)cn1. The number of rotatable bonds is 5. The van der Waals surface area contributed by atoms with Crippen LogP contribution in [0.1, 0.15) is 23.2 Å². The van der Waals surface area contributed by atoms with Gasteiger partial charge in [0.05, 0.1) is 18.4 Å². The fourth-order valence-corrected chi connectivity index (χ4v) is 4.17. The number of para-hydroxylation sites is 1. The van der Waals surface area contributed by atoms with Crippen molar-refractivity contribution >= 4 is 27.5 Å². The Bertz CT molecular complexity index is 860. The number of carbonyl (C=O) groups is 1. The minimum absolute atomic E-state index is 0.168. The summed E-state index contributed by atoms with van der Waals surface area (Å²) in [5.41, 5.74) is 0.914. The molecule has 0 unspecified atom stereocenters. The number of hydrogen-bond donors (Lipinski definition) is 1. The number of sulfonamides is 1. The van der Waals surface area contributed by atoms with E-state index in [4.69, 9.17) is 4.74 Å². The van der Waals surface area contributed by atoms with Crippen LogP contribution in [0.5, 0.6) is 0 Å².